The summed E-state index contributed by atoms with van der Waals surface area (Å²) in [6, 6.07) is 5.18. The summed E-state index contributed by atoms with van der Waals surface area (Å²) < 4.78 is 40.3. The number of aromatic nitrogens is 1. The summed E-state index contributed by atoms with van der Waals surface area (Å²) in [7, 11) is 0. The van der Waals surface area contributed by atoms with E-state index in [4.69, 9.17) is 0 Å². The molecule has 3 rings (SSSR count). The molecule has 1 fully saturated rings. The minimum absolute atomic E-state index is 0. The highest BCUT2D eigenvalue weighted by atomic mass is 35.5. The van der Waals surface area contributed by atoms with Crippen molar-refractivity contribution >= 4 is 35.7 Å². The molecule has 1 aliphatic heterocycles. The van der Waals surface area contributed by atoms with Crippen molar-refractivity contribution in [2.75, 3.05) is 26.2 Å². The fourth-order valence-corrected chi connectivity index (χ4v) is 2.79. The number of H-pyrrole nitrogens is 1. The Morgan fingerprint density at radius 2 is 1.73 bits per heavy atom. The van der Waals surface area contributed by atoms with E-state index in [2.05, 4.69) is 10.3 Å². The SMILES string of the molecule is Cl.Cl.FC(F)(F)[C@@H](c1ccc2[nH]ccc2c1)N1CCNCC1. The van der Waals surface area contributed by atoms with Crippen LogP contribution < -0.4 is 5.32 Å². The molecule has 1 aromatic heterocycles. The first kappa shape index (κ1) is 19.1. The highest BCUT2D eigenvalue weighted by Crippen LogP contribution is 2.38. The van der Waals surface area contributed by atoms with Gasteiger partial charge in [0.05, 0.1) is 0 Å². The normalized spacial score (nSPS) is 17.6. The highest BCUT2D eigenvalue weighted by Gasteiger charge is 2.44. The van der Waals surface area contributed by atoms with Crippen molar-refractivity contribution in [3.05, 3.63) is 36.0 Å². The largest absolute Gasteiger partial charge is 0.408 e. The van der Waals surface area contributed by atoms with E-state index in [9.17, 15) is 13.2 Å². The van der Waals surface area contributed by atoms with Crippen molar-refractivity contribution in [2.45, 2.75) is 12.2 Å². The molecule has 1 atom stereocenters. The summed E-state index contributed by atoms with van der Waals surface area (Å²) in [4.78, 5) is 4.50. The van der Waals surface area contributed by atoms with E-state index >= 15 is 0 Å². The molecule has 0 unspecified atom stereocenters. The third-order valence-corrected chi connectivity index (χ3v) is 3.72. The first-order chi connectivity index (χ1) is 9.55. The number of nitrogens with one attached hydrogen (secondary N) is 2. The topological polar surface area (TPSA) is 31.1 Å². The van der Waals surface area contributed by atoms with Crippen molar-refractivity contribution in [1.82, 2.24) is 15.2 Å². The molecule has 1 saturated heterocycles. The molecule has 3 nitrogen and oxygen atoms in total. The van der Waals surface area contributed by atoms with Crippen molar-refractivity contribution in [3.8, 4) is 0 Å². The summed E-state index contributed by atoms with van der Waals surface area (Å²) in [6.45, 7) is 2.02. The maximum Gasteiger partial charge on any atom is 0.408 e. The number of hydrogen-bond acceptors (Lipinski definition) is 2. The molecule has 0 radical (unpaired) electrons. The number of benzene rings is 1. The molecule has 0 bridgehead atoms. The van der Waals surface area contributed by atoms with Gasteiger partial charge in [-0.15, -0.1) is 24.8 Å². The average Bonchev–Trinajstić information content (AvgIpc) is 2.86. The molecule has 2 heterocycles. The third kappa shape index (κ3) is 3.87. The predicted molar refractivity (Wildman–Crippen MR) is 86.0 cm³/mol. The van der Waals surface area contributed by atoms with Crippen LogP contribution in [-0.2, 0) is 0 Å². The maximum atomic E-state index is 13.4. The Morgan fingerprint density at radius 1 is 1.05 bits per heavy atom. The van der Waals surface area contributed by atoms with Gasteiger partial charge in [0, 0.05) is 37.9 Å². The Balaban J connectivity index is 0.00000121. The highest BCUT2D eigenvalue weighted by molar-refractivity contribution is 5.85. The van der Waals surface area contributed by atoms with E-state index in [0.29, 0.717) is 31.7 Å². The molecule has 1 aromatic carbocycles. The van der Waals surface area contributed by atoms with Crippen LogP contribution >= 0.6 is 24.8 Å². The van der Waals surface area contributed by atoms with Crippen LogP contribution in [0.25, 0.3) is 10.9 Å². The molecule has 8 heteroatoms. The molecule has 22 heavy (non-hydrogen) atoms. The van der Waals surface area contributed by atoms with Crippen LogP contribution in [0.3, 0.4) is 0 Å². The molecule has 1 aliphatic rings. The van der Waals surface area contributed by atoms with E-state index in [0.717, 1.165) is 10.9 Å². The molecular formula is C14H18Cl2F3N3. The van der Waals surface area contributed by atoms with E-state index in [1.165, 1.54) is 4.90 Å². The number of hydrogen-bond donors (Lipinski definition) is 2. The van der Waals surface area contributed by atoms with Gasteiger partial charge in [-0.05, 0) is 29.1 Å². The van der Waals surface area contributed by atoms with E-state index in [1.807, 2.05) is 0 Å². The lowest BCUT2D eigenvalue weighted by molar-refractivity contribution is -0.187. The second kappa shape index (κ2) is 7.55. The third-order valence-electron chi connectivity index (χ3n) is 3.72. The van der Waals surface area contributed by atoms with Crippen LogP contribution in [0.2, 0.25) is 0 Å². The van der Waals surface area contributed by atoms with Gasteiger partial charge in [-0.3, -0.25) is 4.90 Å². The number of nitrogens with zero attached hydrogens (tertiary/aromatic N) is 1. The predicted octanol–water partition coefficient (Wildman–Crippen LogP) is 3.52. The fourth-order valence-electron chi connectivity index (χ4n) is 2.79. The Morgan fingerprint density at radius 3 is 2.36 bits per heavy atom. The minimum Gasteiger partial charge on any atom is -0.361 e. The molecule has 2 N–H and O–H groups in total. The van der Waals surface area contributed by atoms with Crippen molar-refractivity contribution in [3.63, 3.8) is 0 Å². The van der Waals surface area contributed by atoms with Gasteiger partial charge in [-0.2, -0.15) is 13.2 Å². The van der Waals surface area contributed by atoms with Gasteiger partial charge in [-0.1, -0.05) is 6.07 Å². The number of fused-ring (bicyclic) bond motifs is 1. The van der Waals surface area contributed by atoms with Gasteiger partial charge >= 0.3 is 6.18 Å². The zero-order valence-electron chi connectivity index (χ0n) is 11.7. The van der Waals surface area contributed by atoms with Gasteiger partial charge in [0.25, 0.3) is 0 Å². The second-order valence-electron chi connectivity index (χ2n) is 5.05. The molecular weight excluding hydrogens is 338 g/mol. The van der Waals surface area contributed by atoms with Crippen molar-refractivity contribution in [2.24, 2.45) is 0 Å². The molecule has 0 spiro atoms. The first-order valence-corrected chi connectivity index (χ1v) is 6.64. The van der Waals surface area contributed by atoms with Gasteiger partial charge < -0.3 is 10.3 Å². The first-order valence-electron chi connectivity index (χ1n) is 6.64. The molecule has 2 aromatic rings. The van der Waals surface area contributed by atoms with E-state index in [-0.39, 0.29) is 24.8 Å². The van der Waals surface area contributed by atoms with Crippen LogP contribution in [0.4, 0.5) is 13.2 Å². The summed E-state index contributed by atoms with van der Waals surface area (Å²) in [5.74, 6) is 0. The Labute approximate surface area is 139 Å². The zero-order valence-corrected chi connectivity index (χ0v) is 13.3. The number of alkyl halides is 3. The van der Waals surface area contributed by atoms with Crippen LogP contribution in [0, 0.1) is 0 Å². The van der Waals surface area contributed by atoms with Gasteiger partial charge in [0.15, 0.2) is 0 Å². The van der Waals surface area contributed by atoms with Gasteiger partial charge in [-0.25, -0.2) is 0 Å². The Bertz CT molecular complexity index is 594. The summed E-state index contributed by atoms with van der Waals surface area (Å²) in [5.41, 5.74) is 1.17. The van der Waals surface area contributed by atoms with E-state index < -0.39 is 12.2 Å². The lowest BCUT2D eigenvalue weighted by Crippen LogP contribution is -2.49. The number of aromatic amines is 1. The number of rotatable bonds is 2. The van der Waals surface area contributed by atoms with Crippen LogP contribution in [0.15, 0.2) is 30.5 Å². The smallest absolute Gasteiger partial charge is 0.361 e. The Hall–Kier alpha value is -0.950. The quantitative estimate of drug-likeness (QED) is 0.863. The molecule has 124 valence electrons. The minimum atomic E-state index is -4.26. The van der Waals surface area contributed by atoms with Crippen LogP contribution in [0.1, 0.15) is 11.6 Å². The lowest BCUT2D eigenvalue weighted by Gasteiger charge is -2.36. The second-order valence-corrected chi connectivity index (χ2v) is 5.05. The number of halogens is 5. The maximum absolute atomic E-state index is 13.4. The van der Waals surface area contributed by atoms with Crippen LogP contribution in [0.5, 0.6) is 0 Å². The fraction of sp³-hybridized carbons (Fsp3) is 0.429. The Kier molecular flexibility index (Phi) is 6.55. The number of piperazine rings is 1. The van der Waals surface area contributed by atoms with Gasteiger partial charge in [0.2, 0.25) is 0 Å². The molecule has 0 aliphatic carbocycles. The average molecular weight is 356 g/mol. The standard InChI is InChI=1S/C14H16F3N3.2ClH/c15-14(16,17)13(20-7-5-18-6-8-20)11-1-2-12-10(9-11)3-4-19-12;;/h1-4,9,13,18-19H,5-8H2;2*1H/t13-;;/m1../s1. The van der Waals surface area contributed by atoms with Crippen LogP contribution in [-0.4, -0.2) is 42.2 Å². The van der Waals surface area contributed by atoms with Crippen molar-refractivity contribution in [1.29, 1.82) is 0 Å². The monoisotopic (exact) mass is 355 g/mol. The summed E-state index contributed by atoms with van der Waals surface area (Å²) in [6.07, 6.45) is -2.52. The lowest BCUT2D eigenvalue weighted by atomic mass is 10.0. The van der Waals surface area contributed by atoms with Crippen molar-refractivity contribution < 1.29 is 13.2 Å². The zero-order chi connectivity index (χ0) is 14.2. The summed E-state index contributed by atoms with van der Waals surface area (Å²) >= 11 is 0. The molecule has 0 amide bonds. The van der Waals surface area contributed by atoms with E-state index in [1.54, 1.807) is 30.5 Å². The van der Waals surface area contributed by atoms with Gasteiger partial charge in [0.1, 0.15) is 6.04 Å². The molecule has 0 saturated carbocycles. The summed E-state index contributed by atoms with van der Waals surface area (Å²) in [5, 5.41) is 3.90.